The van der Waals surface area contributed by atoms with Gasteiger partial charge in [-0.3, -0.25) is 14.6 Å². The SMILES string of the molecule is COc1cnc2c(Oc3ccc(NC(=O)c4cn(C)c(CO)c(-c5ccc(F)cc5)c4=O)cc3F)ccnc2c1. The third-order valence-corrected chi connectivity index (χ3v) is 6.20. The van der Waals surface area contributed by atoms with Gasteiger partial charge in [0.25, 0.3) is 5.91 Å². The first kappa shape index (κ1) is 26.4. The smallest absolute Gasteiger partial charge is 0.261 e. The molecular formula is C29H22F2N4O5. The van der Waals surface area contributed by atoms with E-state index in [0.29, 0.717) is 22.3 Å². The number of aryl methyl sites for hydroxylation is 1. The predicted octanol–water partition coefficient (Wildman–Crippen LogP) is 4.82. The molecule has 2 aromatic carbocycles. The van der Waals surface area contributed by atoms with E-state index in [1.807, 2.05) is 0 Å². The highest BCUT2D eigenvalue weighted by molar-refractivity contribution is 6.04. The number of carbonyl (C=O) groups excluding carboxylic acids is 1. The van der Waals surface area contributed by atoms with Crippen molar-refractivity contribution in [2.24, 2.45) is 7.05 Å². The second-order valence-corrected chi connectivity index (χ2v) is 8.72. The lowest BCUT2D eigenvalue weighted by atomic mass is 10.0. The van der Waals surface area contributed by atoms with E-state index in [2.05, 4.69) is 15.3 Å². The molecule has 0 spiro atoms. The molecule has 0 aliphatic carbocycles. The van der Waals surface area contributed by atoms with Crippen LogP contribution in [0.25, 0.3) is 22.2 Å². The molecule has 0 atom stereocenters. The first-order valence-corrected chi connectivity index (χ1v) is 12.0. The summed E-state index contributed by atoms with van der Waals surface area (Å²) in [6, 6.07) is 12.2. The van der Waals surface area contributed by atoms with E-state index in [9.17, 15) is 19.1 Å². The van der Waals surface area contributed by atoms with Gasteiger partial charge in [-0.15, -0.1) is 0 Å². The van der Waals surface area contributed by atoms with Crippen LogP contribution < -0.4 is 20.2 Å². The molecule has 0 aliphatic rings. The van der Waals surface area contributed by atoms with Gasteiger partial charge in [0, 0.05) is 43.3 Å². The molecule has 5 aromatic rings. The van der Waals surface area contributed by atoms with Crippen molar-refractivity contribution in [3.63, 3.8) is 0 Å². The van der Waals surface area contributed by atoms with E-state index in [-0.39, 0.29) is 34.0 Å². The number of fused-ring (bicyclic) bond motifs is 1. The zero-order valence-corrected chi connectivity index (χ0v) is 21.3. The lowest BCUT2D eigenvalue weighted by Gasteiger charge is -2.15. The van der Waals surface area contributed by atoms with Crippen LogP contribution in [0.4, 0.5) is 14.5 Å². The van der Waals surface area contributed by atoms with Crippen molar-refractivity contribution in [2.75, 3.05) is 12.4 Å². The highest BCUT2D eigenvalue weighted by atomic mass is 19.1. The second kappa shape index (κ2) is 10.9. The van der Waals surface area contributed by atoms with Gasteiger partial charge >= 0.3 is 0 Å². The minimum atomic E-state index is -0.792. The number of rotatable bonds is 7. The number of benzene rings is 2. The summed E-state index contributed by atoms with van der Waals surface area (Å²) in [7, 11) is 3.07. The molecule has 3 aromatic heterocycles. The van der Waals surface area contributed by atoms with Crippen molar-refractivity contribution in [1.29, 1.82) is 0 Å². The Morgan fingerprint density at radius 3 is 2.52 bits per heavy atom. The Balaban J connectivity index is 1.42. The quantitative estimate of drug-likeness (QED) is 0.302. The van der Waals surface area contributed by atoms with Crippen molar-refractivity contribution < 1.29 is 28.2 Å². The Bertz CT molecular complexity index is 1810. The van der Waals surface area contributed by atoms with Crippen LogP contribution in [0.15, 0.2) is 78.0 Å². The van der Waals surface area contributed by atoms with Crippen molar-refractivity contribution in [3.05, 3.63) is 106 Å². The number of nitrogens with one attached hydrogen (secondary N) is 1. The average Bonchev–Trinajstić information content (AvgIpc) is 2.95. The van der Waals surface area contributed by atoms with Gasteiger partial charge in [-0.1, -0.05) is 12.1 Å². The molecule has 1 amide bonds. The zero-order valence-electron chi connectivity index (χ0n) is 21.3. The molecular weight excluding hydrogens is 522 g/mol. The lowest BCUT2D eigenvalue weighted by molar-refractivity contribution is 0.102. The summed E-state index contributed by atoms with van der Waals surface area (Å²) >= 11 is 0. The highest BCUT2D eigenvalue weighted by Gasteiger charge is 2.21. The fourth-order valence-electron chi connectivity index (χ4n) is 4.20. The van der Waals surface area contributed by atoms with E-state index >= 15 is 4.39 Å². The van der Waals surface area contributed by atoms with E-state index in [1.165, 1.54) is 66.7 Å². The molecule has 2 N–H and O–H groups in total. The predicted molar refractivity (Wildman–Crippen MR) is 144 cm³/mol. The molecule has 3 heterocycles. The number of amides is 1. The standard InChI is InChI=1S/C29H22F2N4O5/c1-35-14-20(28(37)26(23(35)15-36)16-3-5-17(30)6-4-16)29(38)34-18-7-8-24(21(31)11-18)40-25-9-10-32-22-12-19(39-2)13-33-27(22)25/h3-14,36H,15H2,1-2H3,(H,34,38). The number of pyridine rings is 3. The van der Waals surface area contributed by atoms with Gasteiger partial charge in [-0.05, 0) is 29.8 Å². The van der Waals surface area contributed by atoms with E-state index in [0.717, 1.165) is 6.07 Å². The molecule has 0 bridgehead atoms. The van der Waals surface area contributed by atoms with Gasteiger partial charge in [0.05, 0.1) is 36.7 Å². The Morgan fingerprint density at radius 1 is 1.05 bits per heavy atom. The molecule has 0 fully saturated rings. The molecule has 0 unspecified atom stereocenters. The lowest BCUT2D eigenvalue weighted by Crippen LogP contribution is -2.26. The Kier molecular flexibility index (Phi) is 7.21. The monoisotopic (exact) mass is 544 g/mol. The summed E-state index contributed by atoms with van der Waals surface area (Å²) in [5, 5.41) is 12.4. The van der Waals surface area contributed by atoms with Gasteiger partial charge < -0.3 is 24.5 Å². The Hall–Kier alpha value is -5.16. The molecule has 0 saturated heterocycles. The minimum Gasteiger partial charge on any atom is -0.495 e. The van der Waals surface area contributed by atoms with E-state index < -0.39 is 29.6 Å². The summed E-state index contributed by atoms with van der Waals surface area (Å²) in [4.78, 5) is 34.9. The number of ether oxygens (including phenoxy) is 2. The van der Waals surface area contributed by atoms with Crippen LogP contribution in [-0.2, 0) is 13.7 Å². The number of methoxy groups -OCH3 is 1. The fraction of sp³-hybridized carbons (Fsp3) is 0.103. The molecule has 0 radical (unpaired) electrons. The number of aliphatic hydroxyl groups is 1. The van der Waals surface area contributed by atoms with Crippen molar-refractivity contribution >= 4 is 22.6 Å². The number of hydrogen-bond acceptors (Lipinski definition) is 7. The van der Waals surface area contributed by atoms with Crippen LogP contribution in [0.2, 0.25) is 0 Å². The van der Waals surface area contributed by atoms with Crippen LogP contribution in [0, 0.1) is 11.6 Å². The minimum absolute atomic E-state index is 0.0587. The average molecular weight is 545 g/mol. The van der Waals surface area contributed by atoms with Crippen LogP contribution in [0.1, 0.15) is 16.1 Å². The van der Waals surface area contributed by atoms with E-state index in [4.69, 9.17) is 9.47 Å². The number of aromatic nitrogens is 3. The number of halogens is 2. The normalized spacial score (nSPS) is 10.9. The largest absolute Gasteiger partial charge is 0.495 e. The number of nitrogens with zero attached hydrogens (tertiary/aromatic N) is 3. The topological polar surface area (TPSA) is 116 Å². The summed E-state index contributed by atoms with van der Waals surface area (Å²) in [6.07, 6.45) is 4.26. The molecule has 9 nitrogen and oxygen atoms in total. The number of hydrogen-bond donors (Lipinski definition) is 2. The van der Waals surface area contributed by atoms with Crippen molar-refractivity contribution in [3.8, 4) is 28.4 Å². The molecule has 202 valence electrons. The van der Waals surface area contributed by atoms with Crippen molar-refractivity contribution in [2.45, 2.75) is 6.61 Å². The van der Waals surface area contributed by atoms with Crippen LogP contribution >= 0.6 is 0 Å². The number of anilines is 1. The zero-order chi connectivity index (χ0) is 28.4. The fourth-order valence-corrected chi connectivity index (χ4v) is 4.20. The maximum atomic E-state index is 15.0. The number of aliphatic hydroxyl groups excluding tert-OH is 1. The van der Waals surface area contributed by atoms with Gasteiger partial charge in [0.1, 0.15) is 22.6 Å². The van der Waals surface area contributed by atoms with Crippen LogP contribution in [0.5, 0.6) is 17.2 Å². The first-order chi connectivity index (χ1) is 19.3. The molecule has 5 rings (SSSR count). The van der Waals surface area contributed by atoms with Crippen LogP contribution in [0.3, 0.4) is 0 Å². The first-order valence-electron chi connectivity index (χ1n) is 12.0. The second-order valence-electron chi connectivity index (χ2n) is 8.72. The third-order valence-electron chi connectivity index (χ3n) is 6.20. The highest BCUT2D eigenvalue weighted by Crippen LogP contribution is 2.31. The molecule has 0 saturated carbocycles. The molecule has 0 aliphatic heterocycles. The van der Waals surface area contributed by atoms with Crippen molar-refractivity contribution in [1.82, 2.24) is 14.5 Å². The maximum absolute atomic E-state index is 15.0. The number of carbonyl (C=O) groups is 1. The third kappa shape index (κ3) is 5.09. The summed E-state index contributed by atoms with van der Waals surface area (Å²) < 4.78 is 40.8. The Labute approximate surface area is 226 Å². The van der Waals surface area contributed by atoms with Gasteiger partial charge in [0.15, 0.2) is 17.3 Å². The summed E-state index contributed by atoms with van der Waals surface area (Å²) in [5.74, 6) is -1.40. The van der Waals surface area contributed by atoms with E-state index in [1.54, 1.807) is 19.2 Å². The van der Waals surface area contributed by atoms with Gasteiger partial charge in [-0.2, -0.15) is 0 Å². The van der Waals surface area contributed by atoms with Gasteiger partial charge in [-0.25, -0.2) is 13.8 Å². The molecule has 11 heteroatoms. The summed E-state index contributed by atoms with van der Waals surface area (Å²) in [6.45, 7) is -0.483. The van der Waals surface area contributed by atoms with Crippen LogP contribution in [-0.4, -0.2) is 32.7 Å². The summed E-state index contributed by atoms with van der Waals surface area (Å²) in [5.41, 5.74) is 0.707. The maximum Gasteiger partial charge on any atom is 0.261 e. The Morgan fingerprint density at radius 2 is 1.82 bits per heavy atom. The van der Waals surface area contributed by atoms with Gasteiger partial charge in [0.2, 0.25) is 5.43 Å². The molecule has 40 heavy (non-hydrogen) atoms.